The summed E-state index contributed by atoms with van der Waals surface area (Å²) in [4.78, 5) is 44.4. The van der Waals surface area contributed by atoms with Gasteiger partial charge >= 0.3 is 12.1 Å². The number of rotatable bonds is 8. The largest absolute Gasteiger partial charge is 0.481 e. The van der Waals surface area contributed by atoms with Crippen molar-refractivity contribution in [2.24, 2.45) is 22.2 Å². The molecule has 7 nitrogen and oxygen atoms in total. The summed E-state index contributed by atoms with van der Waals surface area (Å²) in [5.74, 6) is -1.48. The van der Waals surface area contributed by atoms with Crippen LogP contribution in [-0.4, -0.2) is 45.7 Å². The SMILES string of the molecule is CC(C)C(c1ccc(C(=O)NCCC(=O)O)cc1)N1C(=O)C(c2cccc(C(F)(F)F)c2)=NC12CCC(C(C)(C)C)CC2. The van der Waals surface area contributed by atoms with Gasteiger partial charge in [-0.1, -0.05) is 58.9 Å². The van der Waals surface area contributed by atoms with Crippen molar-refractivity contribution in [1.82, 2.24) is 10.2 Å². The zero-order valence-corrected chi connectivity index (χ0v) is 25.3. The Bertz CT molecular complexity index is 1390. The van der Waals surface area contributed by atoms with Gasteiger partial charge in [-0.25, -0.2) is 0 Å². The van der Waals surface area contributed by atoms with E-state index in [0.29, 0.717) is 24.3 Å². The van der Waals surface area contributed by atoms with E-state index in [-0.39, 0.29) is 35.6 Å². The van der Waals surface area contributed by atoms with Gasteiger partial charge in [0.15, 0.2) is 0 Å². The highest BCUT2D eigenvalue weighted by Gasteiger charge is 2.53. The number of aliphatic imine (C=N–C) groups is 1. The molecule has 1 unspecified atom stereocenters. The molecule has 2 amide bonds. The standard InChI is InChI=1S/C33H40F3N3O4/c1-20(2)28(21-9-11-22(12-10-21)29(42)37-18-15-26(40)41)39-30(43)27(23-7-6-8-25(19-23)33(34,35)36)38-32(39)16-13-24(14-17-32)31(3,4)5/h6-12,19-20,24,28H,13-18H2,1-5H3,(H,37,42)(H,40,41). The fourth-order valence-electron chi connectivity index (χ4n) is 6.38. The molecule has 1 aliphatic heterocycles. The van der Waals surface area contributed by atoms with Crippen molar-refractivity contribution in [2.75, 3.05) is 6.54 Å². The molecule has 10 heteroatoms. The Kier molecular flexibility index (Phi) is 9.09. The normalized spacial score (nSPS) is 21.7. The topological polar surface area (TPSA) is 99.1 Å². The lowest BCUT2D eigenvalue weighted by Gasteiger charge is -2.48. The Balaban J connectivity index is 1.72. The van der Waals surface area contributed by atoms with Crippen molar-refractivity contribution >= 4 is 23.5 Å². The lowest BCUT2D eigenvalue weighted by Crippen LogP contribution is -2.52. The molecule has 1 fully saturated rings. The lowest BCUT2D eigenvalue weighted by molar-refractivity contribution is -0.138. The van der Waals surface area contributed by atoms with Gasteiger partial charge in [-0.3, -0.25) is 19.4 Å². The minimum Gasteiger partial charge on any atom is -0.481 e. The van der Waals surface area contributed by atoms with Crippen LogP contribution in [0, 0.1) is 17.3 Å². The number of aliphatic carboxylic acids is 1. The van der Waals surface area contributed by atoms with Gasteiger partial charge in [-0.05, 0) is 72.8 Å². The summed E-state index contributed by atoms with van der Waals surface area (Å²) in [7, 11) is 0. The molecule has 0 bridgehead atoms. The minimum atomic E-state index is -4.55. The number of hydrogen-bond donors (Lipinski definition) is 2. The molecule has 0 aromatic heterocycles. The molecular weight excluding hydrogens is 559 g/mol. The summed E-state index contributed by atoms with van der Waals surface area (Å²) in [5, 5.41) is 11.4. The highest BCUT2D eigenvalue weighted by molar-refractivity contribution is 6.46. The van der Waals surface area contributed by atoms with Crippen LogP contribution in [0.1, 0.15) is 99.8 Å². The van der Waals surface area contributed by atoms with E-state index < -0.39 is 41.2 Å². The Hall–Kier alpha value is -3.69. The van der Waals surface area contributed by atoms with Crippen LogP contribution >= 0.6 is 0 Å². The van der Waals surface area contributed by atoms with Gasteiger partial charge in [-0.2, -0.15) is 13.2 Å². The van der Waals surface area contributed by atoms with Gasteiger partial charge in [0, 0.05) is 17.7 Å². The summed E-state index contributed by atoms with van der Waals surface area (Å²) in [6.07, 6.45) is -1.90. The van der Waals surface area contributed by atoms with Gasteiger partial charge in [0.1, 0.15) is 11.4 Å². The van der Waals surface area contributed by atoms with Crippen LogP contribution in [0.4, 0.5) is 13.2 Å². The molecule has 1 saturated carbocycles. The van der Waals surface area contributed by atoms with E-state index >= 15 is 0 Å². The number of carbonyl (C=O) groups excluding carboxylic acids is 2. The van der Waals surface area contributed by atoms with E-state index in [1.54, 1.807) is 29.2 Å². The van der Waals surface area contributed by atoms with Crippen molar-refractivity contribution in [3.05, 3.63) is 70.8 Å². The first-order valence-electron chi connectivity index (χ1n) is 14.7. The van der Waals surface area contributed by atoms with Crippen LogP contribution in [0.2, 0.25) is 0 Å². The number of nitrogens with one attached hydrogen (secondary N) is 1. The van der Waals surface area contributed by atoms with Gasteiger partial charge in [0.2, 0.25) is 0 Å². The maximum atomic E-state index is 14.3. The third kappa shape index (κ3) is 6.94. The summed E-state index contributed by atoms with van der Waals surface area (Å²) in [5.41, 5.74) is -0.336. The van der Waals surface area contributed by atoms with E-state index in [9.17, 15) is 27.6 Å². The number of carbonyl (C=O) groups is 3. The molecule has 2 aliphatic rings. The van der Waals surface area contributed by atoms with Crippen LogP contribution in [0.15, 0.2) is 53.5 Å². The Morgan fingerprint density at radius 2 is 1.70 bits per heavy atom. The quantitative estimate of drug-likeness (QED) is 0.346. The second-order valence-corrected chi connectivity index (χ2v) is 13.0. The highest BCUT2D eigenvalue weighted by Crippen LogP contribution is 2.50. The van der Waals surface area contributed by atoms with E-state index in [1.807, 2.05) is 13.8 Å². The second-order valence-electron chi connectivity index (χ2n) is 13.0. The van der Waals surface area contributed by atoms with Crippen molar-refractivity contribution in [3.63, 3.8) is 0 Å². The molecule has 1 aliphatic carbocycles. The van der Waals surface area contributed by atoms with Gasteiger partial charge in [0.05, 0.1) is 18.0 Å². The number of nitrogens with zero attached hydrogens (tertiary/aromatic N) is 2. The van der Waals surface area contributed by atoms with E-state index in [1.165, 1.54) is 12.1 Å². The summed E-state index contributed by atoms with van der Waals surface area (Å²) in [6, 6.07) is 11.2. The molecule has 4 rings (SSSR count). The van der Waals surface area contributed by atoms with E-state index in [2.05, 4.69) is 26.1 Å². The predicted molar refractivity (Wildman–Crippen MR) is 158 cm³/mol. The molecule has 1 heterocycles. The summed E-state index contributed by atoms with van der Waals surface area (Å²) < 4.78 is 40.8. The monoisotopic (exact) mass is 599 g/mol. The van der Waals surface area contributed by atoms with Crippen LogP contribution in [0.25, 0.3) is 0 Å². The van der Waals surface area contributed by atoms with Crippen LogP contribution in [-0.2, 0) is 15.8 Å². The predicted octanol–water partition coefficient (Wildman–Crippen LogP) is 6.87. The molecule has 0 saturated heterocycles. The lowest BCUT2D eigenvalue weighted by atomic mass is 9.69. The van der Waals surface area contributed by atoms with Gasteiger partial charge in [0.25, 0.3) is 11.8 Å². The van der Waals surface area contributed by atoms with Crippen LogP contribution in [0.5, 0.6) is 0 Å². The molecular formula is C33H40F3N3O4. The number of carboxylic acids is 1. The number of alkyl halides is 3. The third-order valence-electron chi connectivity index (χ3n) is 8.71. The summed E-state index contributed by atoms with van der Waals surface area (Å²) >= 11 is 0. The van der Waals surface area contributed by atoms with Gasteiger partial charge < -0.3 is 15.3 Å². The third-order valence-corrected chi connectivity index (χ3v) is 8.71. The minimum absolute atomic E-state index is 0.000547. The zero-order chi connectivity index (χ0) is 31.7. The van der Waals surface area contributed by atoms with E-state index in [4.69, 9.17) is 10.1 Å². The highest BCUT2D eigenvalue weighted by atomic mass is 19.4. The first-order chi connectivity index (χ1) is 20.0. The van der Waals surface area contributed by atoms with Crippen LogP contribution < -0.4 is 5.32 Å². The molecule has 2 aromatic carbocycles. The molecule has 1 atom stereocenters. The first kappa shape index (κ1) is 32.2. The zero-order valence-electron chi connectivity index (χ0n) is 25.3. The molecule has 2 aromatic rings. The maximum Gasteiger partial charge on any atom is 0.416 e. The Morgan fingerprint density at radius 3 is 2.23 bits per heavy atom. The van der Waals surface area contributed by atoms with Crippen molar-refractivity contribution < 1.29 is 32.7 Å². The van der Waals surface area contributed by atoms with E-state index in [0.717, 1.165) is 30.5 Å². The fourth-order valence-corrected chi connectivity index (χ4v) is 6.38. The first-order valence-corrected chi connectivity index (χ1v) is 14.7. The average molecular weight is 600 g/mol. The molecule has 1 spiro atoms. The number of amides is 2. The van der Waals surface area contributed by atoms with Crippen molar-refractivity contribution in [3.8, 4) is 0 Å². The summed E-state index contributed by atoms with van der Waals surface area (Å²) in [6.45, 7) is 10.6. The maximum absolute atomic E-state index is 14.3. The Labute approximate surface area is 250 Å². The average Bonchev–Trinajstić information content (AvgIpc) is 3.19. The number of carboxylic acid groups (broad SMARTS) is 1. The molecule has 0 radical (unpaired) electrons. The number of halogens is 3. The molecule has 2 N–H and O–H groups in total. The van der Waals surface area contributed by atoms with Crippen molar-refractivity contribution in [1.29, 1.82) is 0 Å². The Morgan fingerprint density at radius 1 is 1.07 bits per heavy atom. The second kappa shape index (κ2) is 12.1. The van der Waals surface area contributed by atoms with Crippen molar-refractivity contribution in [2.45, 2.75) is 84.6 Å². The fraction of sp³-hybridized carbons (Fsp3) is 0.515. The molecule has 232 valence electrons. The molecule has 43 heavy (non-hydrogen) atoms. The smallest absolute Gasteiger partial charge is 0.416 e. The van der Waals surface area contributed by atoms with Crippen LogP contribution in [0.3, 0.4) is 0 Å². The number of hydrogen-bond acceptors (Lipinski definition) is 4. The van der Waals surface area contributed by atoms with Gasteiger partial charge in [-0.15, -0.1) is 0 Å². The number of benzene rings is 2.